The molecule has 0 radical (unpaired) electrons. The Morgan fingerprint density at radius 1 is 1.52 bits per heavy atom. The summed E-state index contributed by atoms with van der Waals surface area (Å²) in [6.45, 7) is 1.26. The molecule has 0 saturated carbocycles. The molecule has 0 unspecified atom stereocenters. The van der Waals surface area contributed by atoms with E-state index < -0.39 is 16.7 Å². The first-order valence-electron chi connectivity index (χ1n) is 6.21. The van der Waals surface area contributed by atoms with Gasteiger partial charge in [-0.1, -0.05) is 17.8 Å². The molecule has 0 spiro atoms. The Balaban J connectivity index is 2.34. The highest BCUT2D eigenvalue weighted by molar-refractivity contribution is 8.26. The molecule has 1 aromatic carbocycles. The van der Waals surface area contributed by atoms with Crippen LogP contribution in [-0.4, -0.2) is 33.2 Å². The van der Waals surface area contributed by atoms with E-state index in [9.17, 15) is 19.7 Å². The molecular formula is C13H11N3O5S2. The fourth-order valence-electron chi connectivity index (χ4n) is 1.81. The van der Waals surface area contributed by atoms with Gasteiger partial charge in [-0.3, -0.25) is 25.1 Å². The number of thioether (sulfide) groups is 1. The molecule has 1 aliphatic heterocycles. The fraction of sp³-hybridized carbons (Fsp3) is 0.154. The fourth-order valence-corrected chi connectivity index (χ4v) is 2.99. The largest absolute Gasteiger partial charge is 0.490 e. The number of nitro groups is 1. The van der Waals surface area contributed by atoms with Crippen LogP contribution in [0, 0.1) is 10.1 Å². The van der Waals surface area contributed by atoms with E-state index >= 15 is 0 Å². The first-order chi connectivity index (χ1) is 10.8. The summed E-state index contributed by atoms with van der Waals surface area (Å²) < 4.78 is 5.10. The Morgan fingerprint density at radius 2 is 2.22 bits per heavy atom. The van der Waals surface area contributed by atoms with Gasteiger partial charge >= 0.3 is 5.69 Å². The van der Waals surface area contributed by atoms with Crippen molar-refractivity contribution >= 4 is 51.9 Å². The van der Waals surface area contributed by atoms with Crippen molar-refractivity contribution in [2.45, 2.75) is 6.92 Å². The van der Waals surface area contributed by atoms with Gasteiger partial charge in [0, 0.05) is 13.0 Å². The molecule has 1 aliphatic rings. The lowest BCUT2D eigenvalue weighted by Gasteiger charge is -2.13. The number of carbonyl (C=O) groups is 2. The van der Waals surface area contributed by atoms with Gasteiger partial charge in [-0.2, -0.15) is 5.01 Å². The van der Waals surface area contributed by atoms with E-state index in [1.165, 1.54) is 32.2 Å². The van der Waals surface area contributed by atoms with Gasteiger partial charge in [0.05, 0.1) is 16.9 Å². The third kappa shape index (κ3) is 3.66. The normalized spacial score (nSPS) is 15.9. The van der Waals surface area contributed by atoms with Gasteiger partial charge in [0.1, 0.15) is 0 Å². The van der Waals surface area contributed by atoms with Crippen LogP contribution in [0.5, 0.6) is 5.75 Å². The van der Waals surface area contributed by atoms with E-state index in [1.807, 2.05) is 0 Å². The number of nitro benzene ring substituents is 1. The molecule has 120 valence electrons. The van der Waals surface area contributed by atoms with E-state index in [0.29, 0.717) is 5.56 Å². The minimum Gasteiger partial charge on any atom is -0.490 e. The molecule has 2 rings (SSSR count). The zero-order valence-corrected chi connectivity index (χ0v) is 13.7. The summed E-state index contributed by atoms with van der Waals surface area (Å²) in [5.41, 5.74) is 2.55. The van der Waals surface area contributed by atoms with Crippen molar-refractivity contribution in [2.24, 2.45) is 0 Å². The van der Waals surface area contributed by atoms with Gasteiger partial charge in [-0.15, -0.1) is 0 Å². The number of thiocarbonyl (C=S) groups is 1. The Hall–Kier alpha value is -2.46. The first-order valence-corrected chi connectivity index (χ1v) is 7.43. The van der Waals surface area contributed by atoms with Crippen molar-refractivity contribution in [3.05, 3.63) is 38.8 Å². The molecule has 2 amide bonds. The number of ether oxygens (including phenoxy) is 1. The molecule has 1 saturated heterocycles. The van der Waals surface area contributed by atoms with Crippen LogP contribution in [0.15, 0.2) is 23.1 Å². The maximum atomic E-state index is 12.2. The van der Waals surface area contributed by atoms with Crippen LogP contribution in [-0.2, 0) is 9.59 Å². The molecule has 0 atom stereocenters. The Labute approximate surface area is 140 Å². The maximum absolute atomic E-state index is 12.2. The standard InChI is InChI=1S/C13H11N3O5S2/c1-7(17)14-15-12(18)11(23-13(15)22)6-8-3-4-10(21-2)9(5-8)16(19)20/h3-6H,1-2H3,(H,14,17)/b11-6-. The van der Waals surface area contributed by atoms with E-state index in [0.717, 1.165) is 16.8 Å². The number of nitrogens with one attached hydrogen (secondary N) is 1. The third-order valence-electron chi connectivity index (χ3n) is 2.76. The molecular weight excluding hydrogens is 342 g/mol. The SMILES string of the molecule is COc1ccc(/C=C2\SC(=S)N(NC(C)=O)C2=O)cc1[N+](=O)[O-]. The van der Waals surface area contributed by atoms with Crippen LogP contribution in [0.25, 0.3) is 6.08 Å². The molecule has 0 bridgehead atoms. The topological polar surface area (TPSA) is 102 Å². The van der Waals surface area contributed by atoms with Crippen LogP contribution in [0.3, 0.4) is 0 Å². The number of methoxy groups -OCH3 is 1. The molecule has 1 fully saturated rings. The molecule has 10 heteroatoms. The molecule has 1 heterocycles. The molecule has 1 N–H and O–H groups in total. The Morgan fingerprint density at radius 3 is 2.78 bits per heavy atom. The first kappa shape index (κ1) is 16.9. The predicted molar refractivity (Wildman–Crippen MR) is 88.5 cm³/mol. The highest BCUT2D eigenvalue weighted by Crippen LogP contribution is 2.33. The van der Waals surface area contributed by atoms with E-state index in [2.05, 4.69) is 5.43 Å². The lowest BCUT2D eigenvalue weighted by molar-refractivity contribution is -0.385. The van der Waals surface area contributed by atoms with Crippen LogP contribution in [0.4, 0.5) is 5.69 Å². The number of hydrazine groups is 1. The zero-order valence-electron chi connectivity index (χ0n) is 12.1. The average molecular weight is 353 g/mol. The second-order valence-corrected chi connectivity index (χ2v) is 6.05. The number of carbonyl (C=O) groups excluding carboxylic acids is 2. The van der Waals surface area contributed by atoms with E-state index in [1.54, 1.807) is 6.07 Å². The van der Waals surface area contributed by atoms with Gasteiger partial charge in [-0.05, 0) is 29.9 Å². The minimum atomic E-state index is -0.571. The van der Waals surface area contributed by atoms with Gasteiger partial charge in [0.25, 0.3) is 5.91 Å². The van der Waals surface area contributed by atoms with Crippen LogP contribution < -0.4 is 10.2 Å². The number of hydrogen-bond donors (Lipinski definition) is 1. The lowest BCUT2D eigenvalue weighted by atomic mass is 10.1. The predicted octanol–water partition coefficient (Wildman–Crippen LogP) is 1.86. The van der Waals surface area contributed by atoms with Crippen molar-refractivity contribution < 1.29 is 19.2 Å². The molecule has 1 aromatic rings. The number of rotatable bonds is 4. The summed E-state index contributed by atoms with van der Waals surface area (Å²) in [5.74, 6) is -0.797. The van der Waals surface area contributed by atoms with Crippen LogP contribution >= 0.6 is 24.0 Å². The number of hydrogen-bond acceptors (Lipinski definition) is 7. The van der Waals surface area contributed by atoms with Crippen molar-refractivity contribution in [1.29, 1.82) is 0 Å². The highest BCUT2D eigenvalue weighted by atomic mass is 32.2. The molecule has 0 aliphatic carbocycles. The second-order valence-electron chi connectivity index (χ2n) is 4.37. The number of nitrogens with zero attached hydrogens (tertiary/aromatic N) is 2. The third-order valence-corrected chi connectivity index (χ3v) is 4.06. The maximum Gasteiger partial charge on any atom is 0.311 e. The van der Waals surface area contributed by atoms with Gasteiger partial charge in [0.2, 0.25) is 5.91 Å². The van der Waals surface area contributed by atoms with Crippen molar-refractivity contribution in [3.8, 4) is 5.75 Å². The summed E-state index contributed by atoms with van der Waals surface area (Å²) >= 11 is 6.02. The van der Waals surface area contributed by atoms with Crippen molar-refractivity contribution in [3.63, 3.8) is 0 Å². The summed E-state index contributed by atoms with van der Waals surface area (Å²) in [5, 5.41) is 12.0. The summed E-state index contributed by atoms with van der Waals surface area (Å²) in [6.07, 6.45) is 1.47. The zero-order chi connectivity index (χ0) is 17.1. The van der Waals surface area contributed by atoms with Gasteiger partial charge in [-0.25, -0.2) is 0 Å². The second kappa shape index (κ2) is 6.75. The molecule has 0 aromatic heterocycles. The highest BCUT2D eigenvalue weighted by Gasteiger charge is 2.33. The summed E-state index contributed by atoms with van der Waals surface area (Å²) in [6, 6.07) is 4.32. The van der Waals surface area contributed by atoms with E-state index in [4.69, 9.17) is 17.0 Å². The smallest absolute Gasteiger partial charge is 0.311 e. The summed E-state index contributed by atoms with van der Waals surface area (Å²) in [4.78, 5) is 33.9. The number of amides is 2. The van der Waals surface area contributed by atoms with Crippen LogP contribution in [0.2, 0.25) is 0 Å². The molecule has 8 nitrogen and oxygen atoms in total. The van der Waals surface area contributed by atoms with Crippen LogP contribution in [0.1, 0.15) is 12.5 Å². The van der Waals surface area contributed by atoms with Gasteiger partial charge in [0.15, 0.2) is 10.1 Å². The quantitative estimate of drug-likeness (QED) is 0.381. The van der Waals surface area contributed by atoms with Gasteiger partial charge < -0.3 is 4.74 Å². The minimum absolute atomic E-state index is 0.123. The number of benzene rings is 1. The summed E-state index contributed by atoms with van der Waals surface area (Å²) in [7, 11) is 1.33. The lowest BCUT2D eigenvalue weighted by Crippen LogP contribution is -2.43. The average Bonchev–Trinajstić information content (AvgIpc) is 2.74. The van der Waals surface area contributed by atoms with E-state index in [-0.39, 0.29) is 20.7 Å². The Kier molecular flexibility index (Phi) is 4.96. The monoisotopic (exact) mass is 353 g/mol. The molecule has 23 heavy (non-hydrogen) atoms. The Bertz CT molecular complexity index is 747. The van der Waals surface area contributed by atoms with Crippen molar-refractivity contribution in [1.82, 2.24) is 10.4 Å². The van der Waals surface area contributed by atoms with Crippen molar-refractivity contribution in [2.75, 3.05) is 7.11 Å².